The molecule has 1 rings (SSSR count). The van der Waals surface area contributed by atoms with Crippen LogP contribution in [0, 0.1) is 0 Å². The Balaban J connectivity index is 2.29. The Labute approximate surface area is 106 Å². The summed E-state index contributed by atoms with van der Waals surface area (Å²) in [6.07, 6.45) is 8.67. The zero-order valence-corrected chi connectivity index (χ0v) is 11.7. The Morgan fingerprint density at radius 2 is 1.82 bits per heavy atom. The van der Waals surface area contributed by atoms with Crippen molar-refractivity contribution >= 4 is 5.91 Å². The number of hydrogen-bond donors (Lipinski definition) is 0. The molecule has 0 aliphatic heterocycles. The van der Waals surface area contributed by atoms with Crippen LogP contribution < -0.4 is 0 Å². The van der Waals surface area contributed by atoms with Crippen LogP contribution in [0.2, 0.25) is 0 Å². The maximum absolute atomic E-state index is 12.1. The molecule has 0 aromatic carbocycles. The van der Waals surface area contributed by atoms with Crippen LogP contribution in [0.15, 0.2) is 0 Å². The molecule has 3 nitrogen and oxygen atoms in total. The van der Waals surface area contributed by atoms with Crippen LogP contribution in [0.25, 0.3) is 0 Å². The van der Waals surface area contributed by atoms with Crippen molar-refractivity contribution in [2.45, 2.75) is 57.9 Å². The van der Waals surface area contributed by atoms with Crippen molar-refractivity contribution in [1.29, 1.82) is 0 Å². The standard InChI is InChI=1S/C14H28N2O/c1-4-5-11-15(2)12-14(17)16(3)13-9-7-6-8-10-13/h13H,4-12H2,1-3H3. The van der Waals surface area contributed by atoms with Gasteiger partial charge in [-0.05, 0) is 32.9 Å². The highest BCUT2D eigenvalue weighted by atomic mass is 16.2. The first-order valence-electron chi connectivity index (χ1n) is 7.09. The van der Waals surface area contributed by atoms with Crippen LogP contribution in [-0.4, -0.2) is 48.9 Å². The van der Waals surface area contributed by atoms with E-state index in [-0.39, 0.29) is 5.91 Å². The second-order valence-electron chi connectivity index (χ2n) is 5.39. The van der Waals surface area contributed by atoms with E-state index >= 15 is 0 Å². The maximum atomic E-state index is 12.1. The molecule has 0 atom stereocenters. The lowest BCUT2D eigenvalue weighted by Crippen LogP contribution is -2.43. The number of amides is 1. The topological polar surface area (TPSA) is 23.6 Å². The Bertz CT molecular complexity index is 224. The third-order valence-electron chi connectivity index (χ3n) is 3.81. The van der Waals surface area contributed by atoms with Crippen LogP contribution in [0.1, 0.15) is 51.9 Å². The predicted molar refractivity (Wildman–Crippen MR) is 72.0 cm³/mol. The van der Waals surface area contributed by atoms with Crippen molar-refractivity contribution < 1.29 is 4.79 Å². The monoisotopic (exact) mass is 240 g/mol. The highest BCUT2D eigenvalue weighted by Crippen LogP contribution is 2.21. The molecule has 1 aliphatic rings. The van der Waals surface area contributed by atoms with Crippen LogP contribution in [0.5, 0.6) is 0 Å². The third kappa shape index (κ3) is 5.07. The zero-order chi connectivity index (χ0) is 12.7. The van der Waals surface area contributed by atoms with Gasteiger partial charge in [0.05, 0.1) is 6.54 Å². The van der Waals surface area contributed by atoms with Gasteiger partial charge < -0.3 is 4.90 Å². The molecule has 0 radical (unpaired) electrons. The fourth-order valence-electron chi connectivity index (χ4n) is 2.52. The lowest BCUT2D eigenvalue weighted by molar-refractivity contribution is -0.133. The lowest BCUT2D eigenvalue weighted by atomic mass is 9.94. The Morgan fingerprint density at radius 1 is 1.18 bits per heavy atom. The van der Waals surface area contributed by atoms with E-state index in [2.05, 4.69) is 11.8 Å². The molecule has 1 saturated carbocycles. The van der Waals surface area contributed by atoms with Gasteiger partial charge in [-0.1, -0.05) is 32.6 Å². The van der Waals surface area contributed by atoms with Gasteiger partial charge in [-0.2, -0.15) is 0 Å². The average molecular weight is 240 g/mol. The minimum absolute atomic E-state index is 0.288. The van der Waals surface area contributed by atoms with E-state index in [0.29, 0.717) is 12.6 Å². The Kier molecular flexibility index (Phi) is 6.56. The van der Waals surface area contributed by atoms with Crippen molar-refractivity contribution in [3.8, 4) is 0 Å². The first-order valence-corrected chi connectivity index (χ1v) is 7.09. The summed E-state index contributed by atoms with van der Waals surface area (Å²) in [4.78, 5) is 16.2. The molecule has 1 aliphatic carbocycles. The van der Waals surface area contributed by atoms with E-state index in [1.54, 1.807) is 0 Å². The summed E-state index contributed by atoms with van der Waals surface area (Å²) in [6.45, 7) is 3.79. The molecule has 1 fully saturated rings. The number of likely N-dealkylation sites (N-methyl/N-ethyl adjacent to an activating group) is 2. The first kappa shape index (κ1) is 14.5. The van der Waals surface area contributed by atoms with E-state index in [9.17, 15) is 4.79 Å². The second-order valence-corrected chi connectivity index (χ2v) is 5.39. The normalized spacial score (nSPS) is 17.4. The van der Waals surface area contributed by atoms with Crippen molar-refractivity contribution in [1.82, 2.24) is 9.80 Å². The van der Waals surface area contributed by atoms with Crippen LogP contribution in [0.3, 0.4) is 0 Å². The van der Waals surface area contributed by atoms with Gasteiger partial charge in [-0.25, -0.2) is 0 Å². The summed E-state index contributed by atoms with van der Waals surface area (Å²) >= 11 is 0. The number of nitrogens with zero attached hydrogens (tertiary/aromatic N) is 2. The molecule has 0 saturated heterocycles. The molecule has 1 amide bonds. The van der Waals surface area contributed by atoms with Crippen molar-refractivity contribution in [3.05, 3.63) is 0 Å². The van der Waals surface area contributed by atoms with Crippen LogP contribution in [-0.2, 0) is 4.79 Å². The van der Waals surface area contributed by atoms with E-state index in [1.165, 1.54) is 44.9 Å². The number of carbonyl (C=O) groups is 1. The number of unbranched alkanes of at least 4 members (excludes halogenated alkanes) is 1. The number of rotatable bonds is 6. The molecule has 100 valence electrons. The van der Waals surface area contributed by atoms with E-state index in [0.717, 1.165) is 6.54 Å². The van der Waals surface area contributed by atoms with Crippen molar-refractivity contribution in [3.63, 3.8) is 0 Å². The van der Waals surface area contributed by atoms with Crippen LogP contribution >= 0.6 is 0 Å². The molecule has 0 aromatic rings. The second kappa shape index (κ2) is 7.70. The molecular formula is C14H28N2O. The molecule has 3 heteroatoms. The highest BCUT2D eigenvalue weighted by molar-refractivity contribution is 5.78. The molecule has 0 unspecified atom stereocenters. The maximum Gasteiger partial charge on any atom is 0.236 e. The summed E-state index contributed by atoms with van der Waals surface area (Å²) in [5.41, 5.74) is 0. The van der Waals surface area contributed by atoms with Gasteiger partial charge in [0.25, 0.3) is 0 Å². The van der Waals surface area contributed by atoms with Gasteiger partial charge in [0, 0.05) is 13.1 Å². The summed E-state index contributed by atoms with van der Waals surface area (Å²) in [5, 5.41) is 0. The molecule has 0 spiro atoms. The average Bonchev–Trinajstić information content (AvgIpc) is 2.36. The number of hydrogen-bond acceptors (Lipinski definition) is 2. The smallest absolute Gasteiger partial charge is 0.236 e. The molecule has 0 heterocycles. The minimum Gasteiger partial charge on any atom is -0.342 e. The zero-order valence-electron chi connectivity index (χ0n) is 11.7. The Morgan fingerprint density at radius 3 is 2.41 bits per heavy atom. The fraction of sp³-hybridized carbons (Fsp3) is 0.929. The van der Waals surface area contributed by atoms with Crippen molar-refractivity contribution in [2.24, 2.45) is 0 Å². The van der Waals surface area contributed by atoms with Gasteiger partial charge >= 0.3 is 0 Å². The Hall–Kier alpha value is -0.570. The summed E-state index contributed by atoms with van der Waals surface area (Å²) in [6, 6.07) is 0.496. The van der Waals surface area contributed by atoms with Crippen LogP contribution in [0.4, 0.5) is 0 Å². The molecular weight excluding hydrogens is 212 g/mol. The lowest BCUT2D eigenvalue weighted by Gasteiger charge is -2.32. The summed E-state index contributed by atoms with van der Waals surface area (Å²) < 4.78 is 0. The fourth-order valence-corrected chi connectivity index (χ4v) is 2.52. The number of carbonyl (C=O) groups excluding carboxylic acids is 1. The van der Waals surface area contributed by atoms with Crippen molar-refractivity contribution in [2.75, 3.05) is 27.2 Å². The van der Waals surface area contributed by atoms with E-state index < -0.39 is 0 Å². The van der Waals surface area contributed by atoms with Gasteiger partial charge in [0.1, 0.15) is 0 Å². The summed E-state index contributed by atoms with van der Waals surface area (Å²) in [5.74, 6) is 0.288. The molecule has 17 heavy (non-hydrogen) atoms. The van der Waals surface area contributed by atoms with Gasteiger partial charge in [-0.15, -0.1) is 0 Å². The molecule has 0 aromatic heterocycles. The quantitative estimate of drug-likeness (QED) is 0.712. The summed E-state index contributed by atoms with van der Waals surface area (Å²) in [7, 11) is 4.02. The highest BCUT2D eigenvalue weighted by Gasteiger charge is 2.22. The predicted octanol–water partition coefficient (Wildman–Crippen LogP) is 2.51. The van der Waals surface area contributed by atoms with Gasteiger partial charge in [0.2, 0.25) is 5.91 Å². The largest absolute Gasteiger partial charge is 0.342 e. The van der Waals surface area contributed by atoms with E-state index in [1.807, 2.05) is 19.0 Å². The first-order chi connectivity index (χ1) is 8.15. The van der Waals surface area contributed by atoms with Gasteiger partial charge in [-0.3, -0.25) is 9.69 Å². The van der Waals surface area contributed by atoms with E-state index in [4.69, 9.17) is 0 Å². The third-order valence-corrected chi connectivity index (χ3v) is 3.81. The SMILES string of the molecule is CCCCN(C)CC(=O)N(C)C1CCCCC1. The molecule has 0 bridgehead atoms. The molecule has 0 N–H and O–H groups in total. The minimum atomic E-state index is 0.288. The van der Waals surface area contributed by atoms with Gasteiger partial charge in [0.15, 0.2) is 0 Å².